The maximum absolute atomic E-state index is 12.8. The summed E-state index contributed by atoms with van der Waals surface area (Å²) in [6.45, 7) is 0. The number of aromatic nitrogens is 1. The third-order valence-corrected chi connectivity index (χ3v) is 3.02. The van der Waals surface area contributed by atoms with Gasteiger partial charge in [0.05, 0.1) is 5.02 Å². The number of hydrogen-bond donors (Lipinski definition) is 1. The lowest BCUT2D eigenvalue weighted by Gasteiger charge is -2.02. The third-order valence-electron chi connectivity index (χ3n) is 1.65. The van der Waals surface area contributed by atoms with Gasteiger partial charge in [0.15, 0.2) is 5.13 Å². The van der Waals surface area contributed by atoms with Crippen molar-refractivity contribution in [1.82, 2.24) is 4.98 Å². The highest BCUT2D eigenvalue weighted by Crippen LogP contribution is 2.25. The van der Waals surface area contributed by atoms with Gasteiger partial charge in [-0.05, 0) is 18.2 Å². The van der Waals surface area contributed by atoms with Crippen LogP contribution < -0.4 is 5.32 Å². The summed E-state index contributed by atoms with van der Waals surface area (Å²) in [5, 5.41) is 5.81. The number of nitrogens with one attached hydrogen (secondary N) is 1. The van der Waals surface area contributed by atoms with Crippen molar-refractivity contribution in [2.24, 2.45) is 0 Å². The van der Waals surface area contributed by atoms with E-state index in [1.54, 1.807) is 11.4 Å². The normalized spacial score (nSPS) is 10.3. The molecule has 0 amide bonds. The average Bonchev–Trinajstić information content (AvgIpc) is 2.58. The summed E-state index contributed by atoms with van der Waals surface area (Å²) >= 11 is 12.6. The fraction of sp³-hybridized carbons (Fsp3) is 0. The first kappa shape index (κ1) is 10.7. The maximum atomic E-state index is 12.8. The van der Waals surface area contributed by atoms with E-state index < -0.39 is 5.82 Å². The molecule has 2 rings (SSSR count). The molecule has 0 aliphatic carbocycles. The molecule has 0 fully saturated rings. The van der Waals surface area contributed by atoms with E-state index in [0.29, 0.717) is 16.0 Å². The van der Waals surface area contributed by atoms with E-state index in [0.717, 1.165) is 0 Å². The summed E-state index contributed by atoms with van der Waals surface area (Å²) in [5.74, 6) is -0.445. The molecule has 6 heteroatoms. The van der Waals surface area contributed by atoms with Gasteiger partial charge in [-0.1, -0.05) is 23.2 Å². The van der Waals surface area contributed by atoms with Crippen LogP contribution >= 0.6 is 34.5 Å². The molecule has 0 atom stereocenters. The number of thiazole rings is 1. The Hall–Kier alpha value is -0.840. The molecule has 78 valence electrons. The second-order valence-corrected chi connectivity index (χ2v) is 4.38. The Bertz CT molecular complexity index is 487. The van der Waals surface area contributed by atoms with Gasteiger partial charge in [0.1, 0.15) is 11.0 Å². The summed E-state index contributed by atoms with van der Waals surface area (Å²) < 4.78 is 12.8. The van der Waals surface area contributed by atoms with Crippen molar-refractivity contribution in [3.05, 3.63) is 39.6 Å². The molecule has 0 saturated heterocycles. The van der Waals surface area contributed by atoms with Gasteiger partial charge in [-0.3, -0.25) is 0 Å². The molecule has 0 bridgehead atoms. The van der Waals surface area contributed by atoms with Gasteiger partial charge >= 0.3 is 0 Å². The topological polar surface area (TPSA) is 24.9 Å². The molecule has 0 spiro atoms. The standard InChI is InChI=1S/C9H5Cl2FN2S/c10-6-3-5(1-2-7(6)12)13-9-14-8(11)4-15-9/h1-4H,(H,13,14). The van der Waals surface area contributed by atoms with Crippen LogP contribution in [0.1, 0.15) is 0 Å². The van der Waals surface area contributed by atoms with E-state index in [1.165, 1.54) is 23.5 Å². The second-order valence-electron chi connectivity index (χ2n) is 2.73. The summed E-state index contributed by atoms with van der Waals surface area (Å²) in [6.07, 6.45) is 0. The molecule has 0 saturated carbocycles. The van der Waals surface area contributed by atoms with Gasteiger partial charge in [-0.2, -0.15) is 0 Å². The number of benzene rings is 1. The minimum Gasteiger partial charge on any atom is -0.331 e. The van der Waals surface area contributed by atoms with Crippen molar-refractivity contribution in [3.63, 3.8) is 0 Å². The predicted octanol–water partition coefficient (Wildman–Crippen LogP) is 4.33. The van der Waals surface area contributed by atoms with Crippen LogP contribution in [0.15, 0.2) is 23.6 Å². The Kier molecular flexibility index (Phi) is 3.09. The minimum absolute atomic E-state index is 0.0719. The highest BCUT2D eigenvalue weighted by molar-refractivity contribution is 7.14. The Labute approximate surface area is 99.7 Å². The molecular weight excluding hydrogens is 258 g/mol. The van der Waals surface area contributed by atoms with Crippen LogP contribution in [0.5, 0.6) is 0 Å². The predicted molar refractivity (Wildman–Crippen MR) is 61.8 cm³/mol. The summed E-state index contributed by atoms with van der Waals surface area (Å²) in [6, 6.07) is 4.36. The van der Waals surface area contributed by atoms with Crippen molar-refractivity contribution >= 4 is 45.4 Å². The zero-order valence-corrected chi connectivity index (χ0v) is 9.63. The average molecular weight is 263 g/mol. The first-order valence-corrected chi connectivity index (χ1v) is 5.62. The Balaban J connectivity index is 2.21. The largest absolute Gasteiger partial charge is 0.331 e. The van der Waals surface area contributed by atoms with Crippen LogP contribution in [-0.2, 0) is 0 Å². The first-order valence-electron chi connectivity index (χ1n) is 3.98. The number of anilines is 2. The van der Waals surface area contributed by atoms with Crippen molar-refractivity contribution in [2.75, 3.05) is 5.32 Å². The minimum atomic E-state index is -0.445. The molecule has 0 aliphatic heterocycles. The number of nitrogens with zero attached hydrogens (tertiary/aromatic N) is 1. The van der Waals surface area contributed by atoms with Gasteiger partial charge < -0.3 is 5.32 Å². The van der Waals surface area contributed by atoms with Gasteiger partial charge in [0.2, 0.25) is 0 Å². The van der Waals surface area contributed by atoms with E-state index in [4.69, 9.17) is 23.2 Å². The van der Waals surface area contributed by atoms with E-state index in [1.807, 2.05) is 0 Å². The van der Waals surface area contributed by atoms with Crippen molar-refractivity contribution in [1.29, 1.82) is 0 Å². The number of hydrogen-bond acceptors (Lipinski definition) is 3. The Morgan fingerprint density at radius 3 is 2.73 bits per heavy atom. The molecule has 0 unspecified atom stereocenters. The zero-order valence-electron chi connectivity index (χ0n) is 7.30. The van der Waals surface area contributed by atoms with Crippen LogP contribution in [0.4, 0.5) is 15.2 Å². The quantitative estimate of drug-likeness (QED) is 0.872. The summed E-state index contributed by atoms with van der Waals surface area (Å²) in [7, 11) is 0. The second kappa shape index (κ2) is 4.35. The summed E-state index contributed by atoms with van der Waals surface area (Å²) in [4.78, 5) is 3.99. The van der Waals surface area contributed by atoms with Gasteiger partial charge in [0.25, 0.3) is 0 Å². The van der Waals surface area contributed by atoms with Gasteiger partial charge in [-0.25, -0.2) is 9.37 Å². The van der Waals surface area contributed by atoms with Gasteiger partial charge in [0, 0.05) is 11.1 Å². The van der Waals surface area contributed by atoms with Crippen molar-refractivity contribution in [3.8, 4) is 0 Å². The fourth-order valence-electron chi connectivity index (χ4n) is 1.01. The molecule has 0 aliphatic rings. The molecule has 2 nitrogen and oxygen atoms in total. The molecule has 2 aromatic rings. The van der Waals surface area contributed by atoms with Crippen LogP contribution in [0.2, 0.25) is 10.2 Å². The monoisotopic (exact) mass is 262 g/mol. The van der Waals surface area contributed by atoms with Crippen LogP contribution in [-0.4, -0.2) is 4.98 Å². The van der Waals surface area contributed by atoms with E-state index in [2.05, 4.69) is 10.3 Å². The number of halogens is 3. The third kappa shape index (κ3) is 2.59. The van der Waals surface area contributed by atoms with Crippen LogP contribution in [0.25, 0.3) is 0 Å². The molecule has 15 heavy (non-hydrogen) atoms. The molecule has 1 aromatic heterocycles. The zero-order chi connectivity index (χ0) is 10.8. The molecule has 1 heterocycles. The molecule has 1 N–H and O–H groups in total. The maximum Gasteiger partial charge on any atom is 0.188 e. The summed E-state index contributed by atoms with van der Waals surface area (Å²) in [5.41, 5.74) is 0.674. The Morgan fingerprint density at radius 2 is 2.13 bits per heavy atom. The smallest absolute Gasteiger partial charge is 0.188 e. The molecule has 0 radical (unpaired) electrons. The lowest BCUT2D eigenvalue weighted by atomic mass is 10.3. The van der Waals surface area contributed by atoms with E-state index in [-0.39, 0.29) is 5.02 Å². The number of rotatable bonds is 2. The van der Waals surface area contributed by atoms with Gasteiger partial charge in [-0.15, -0.1) is 11.3 Å². The lowest BCUT2D eigenvalue weighted by molar-refractivity contribution is 0.628. The fourth-order valence-corrected chi connectivity index (χ4v) is 2.05. The SMILES string of the molecule is Fc1ccc(Nc2nc(Cl)cs2)cc1Cl. The Morgan fingerprint density at radius 1 is 1.33 bits per heavy atom. The van der Waals surface area contributed by atoms with Crippen LogP contribution in [0.3, 0.4) is 0 Å². The van der Waals surface area contributed by atoms with Crippen molar-refractivity contribution in [2.45, 2.75) is 0 Å². The first-order chi connectivity index (χ1) is 7.15. The molecule has 1 aromatic carbocycles. The molecular formula is C9H5Cl2FN2S. The van der Waals surface area contributed by atoms with Crippen molar-refractivity contribution < 1.29 is 4.39 Å². The highest BCUT2D eigenvalue weighted by atomic mass is 35.5. The van der Waals surface area contributed by atoms with E-state index >= 15 is 0 Å². The lowest BCUT2D eigenvalue weighted by Crippen LogP contribution is -1.89. The van der Waals surface area contributed by atoms with E-state index in [9.17, 15) is 4.39 Å². The van der Waals surface area contributed by atoms with Crippen LogP contribution in [0, 0.1) is 5.82 Å². The highest BCUT2D eigenvalue weighted by Gasteiger charge is 2.03.